The van der Waals surface area contributed by atoms with Crippen molar-refractivity contribution < 1.29 is 0 Å². The number of aliphatic imine (C=N–C) groups is 1. The quantitative estimate of drug-likeness (QED) is 0.361. The van der Waals surface area contributed by atoms with Gasteiger partial charge in [0, 0.05) is 18.1 Å². The van der Waals surface area contributed by atoms with Crippen molar-refractivity contribution in [2.45, 2.75) is 72.4 Å². The first-order chi connectivity index (χ1) is 8.70. The van der Waals surface area contributed by atoms with Gasteiger partial charge in [0.2, 0.25) is 0 Å². The highest BCUT2D eigenvalue weighted by Crippen LogP contribution is 2.07. The second kappa shape index (κ2) is 9.18. The van der Waals surface area contributed by atoms with Gasteiger partial charge in [-0.3, -0.25) is 4.99 Å². The Labute approximate surface area is 119 Å². The van der Waals surface area contributed by atoms with E-state index in [2.05, 4.69) is 57.2 Å². The molecule has 1 atom stereocenters. The Bertz CT molecular complexity index is 253. The monoisotopic (exact) mass is 270 g/mol. The predicted molar refractivity (Wildman–Crippen MR) is 85.5 cm³/mol. The van der Waals surface area contributed by atoms with Crippen LogP contribution in [0.1, 0.15) is 60.8 Å². The van der Waals surface area contributed by atoms with E-state index < -0.39 is 0 Å². The fourth-order valence-corrected chi connectivity index (χ4v) is 1.81. The highest BCUT2D eigenvalue weighted by Gasteiger charge is 2.07. The molecule has 0 spiro atoms. The summed E-state index contributed by atoms with van der Waals surface area (Å²) in [6, 6.07) is 0.401. The molecule has 0 amide bonds. The SMILES string of the molecule is CC(C)CCCC(C)NC(N)=NCCNC(C)(C)C. The number of nitrogens with two attached hydrogens (primary N) is 1. The Morgan fingerprint density at radius 3 is 2.32 bits per heavy atom. The molecule has 4 N–H and O–H groups in total. The maximum atomic E-state index is 5.87. The van der Waals surface area contributed by atoms with Crippen LogP contribution in [0.25, 0.3) is 0 Å². The lowest BCUT2D eigenvalue weighted by atomic mass is 10.0. The van der Waals surface area contributed by atoms with Crippen LogP contribution < -0.4 is 16.4 Å². The third kappa shape index (κ3) is 13.5. The molecular weight excluding hydrogens is 236 g/mol. The minimum Gasteiger partial charge on any atom is -0.370 e. The summed E-state index contributed by atoms with van der Waals surface area (Å²) in [6.07, 6.45) is 3.66. The molecule has 0 aliphatic carbocycles. The molecular formula is C15H34N4. The van der Waals surface area contributed by atoms with Gasteiger partial charge in [-0.2, -0.15) is 0 Å². The van der Waals surface area contributed by atoms with Crippen LogP contribution in [0.2, 0.25) is 0 Å². The van der Waals surface area contributed by atoms with Gasteiger partial charge in [-0.1, -0.05) is 26.7 Å². The average molecular weight is 270 g/mol. The summed E-state index contributed by atoms with van der Waals surface area (Å²) in [7, 11) is 0. The molecule has 4 nitrogen and oxygen atoms in total. The van der Waals surface area contributed by atoms with Crippen LogP contribution >= 0.6 is 0 Å². The van der Waals surface area contributed by atoms with Crippen LogP contribution in [0.4, 0.5) is 0 Å². The van der Waals surface area contributed by atoms with Gasteiger partial charge in [0.05, 0.1) is 6.54 Å². The zero-order valence-corrected chi connectivity index (χ0v) is 13.7. The van der Waals surface area contributed by atoms with Gasteiger partial charge in [-0.05, 0) is 40.0 Å². The zero-order chi connectivity index (χ0) is 14.9. The molecule has 4 heteroatoms. The Kier molecular flexibility index (Phi) is 8.81. The molecule has 0 aromatic carbocycles. The van der Waals surface area contributed by atoms with Gasteiger partial charge < -0.3 is 16.4 Å². The van der Waals surface area contributed by atoms with E-state index in [1.54, 1.807) is 0 Å². The molecule has 0 aromatic rings. The summed E-state index contributed by atoms with van der Waals surface area (Å²) < 4.78 is 0. The van der Waals surface area contributed by atoms with E-state index in [1.807, 2.05) is 0 Å². The summed E-state index contributed by atoms with van der Waals surface area (Å²) in [5, 5.41) is 6.64. The molecule has 114 valence electrons. The number of rotatable bonds is 8. The fourth-order valence-electron chi connectivity index (χ4n) is 1.81. The summed E-state index contributed by atoms with van der Waals surface area (Å²) in [4.78, 5) is 4.33. The van der Waals surface area contributed by atoms with Crippen molar-refractivity contribution in [3.05, 3.63) is 0 Å². The number of hydrogen-bond acceptors (Lipinski definition) is 2. The maximum absolute atomic E-state index is 5.87. The molecule has 0 bridgehead atoms. The number of nitrogens with one attached hydrogen (secondary N) is 2. The van der Waals surface area contributed by atoms with Crippen LogP contribution in [0.15, 0.2) is 4.99 Å². The van der Waals surface area contributed by atoms with Gasteiger partial charge >= 0.3 is 0 Å². The Hall–Kier alpha value is -0.770. The van der Waals surface area contributed by atoms with Crippen LogP contribution in [0, 0.1) is 5.92 Å². The number of hydrogen-bond donors (Lipinski definition) is 3. The summed E-state index contributed by atoms with van der Waals surface area (Å²) in [6.45, 7) is 14.7. The van der Waals surface area contributed by atoms with E-state index in [1.165, 1.54) is 12.8 Å². The average Bonchev–Trinajstić information content (AvgIpc) is 2.22. The van der Waals surface area contributed by atoms with E-state index in [9.17, 15) is 0 Å². The van der Waals surface area contributed by atoms with Gasteiger partial charge in [0.25, 0.3) is 0 Å². The van der Waals surface area contributed by atoms with Crippen molar-refractivity contribution in [1.29, 1.82) is 0 Å². The summed E-state index contributed by atoms with van der Waals surface area (Å²) >= 11 is 0. The smallest absolute Gasteiger partial charge is 0.188 e. The molecule has 19 heavy (non-hydrogen) atoms. The normalized spacial score (nSPS) is 14.8. The Balaban J connectivity index is 3.73. The predicted octanol–water partition coefficient (Wildman–Crippen LogP) is 2.49. The Morgan fingerprint density at radius 1 is 1.16 bits per heavy atom. The highest BCUT2D eigenvalue weighted by atomic mass is 15.1. The van der Waals surface area contributed by atoms with Crippen LogP contribution in [0.3, 0.4) is 0 Å². The Morgan fingerprint density at radius 2 is 1.79 bits per heavy atom. The topological polar surface area (TPSA) is 62.4 Å². The largest absolute Gasteiger partial charge is 0.370 e. The van der Waals surface area contributed by atoms with Crippen molar-refractivity contribution in [3.63, 3.8) is 0 Å². The molecule has 0 aliphatic rings. The minimum absolute atomic E-state index is 0.141. The first-order valence-electron chi connectivity index (χ1n) is 7.52. The molecule has 0 rings (SSSR count). The first-order valence-corrected chi connectivity index (χ1v) is 7.52. The third-order valence-electron chi connectivity index (χ3n) is 2.86. The van der Waals surface area contributed by atoms with Gasteiger partial charge in [0.1, 0.15) is 0 Å². The van der Waals surface area contributed by atoms with Crippen LogP contribution in [0.5, 0.6) is 0 Å². The van der Waals surface area contributed by atoms with E-state index >= 15 is 0 Å². The summed E-state index contributed by atoms with van der Waals surface area (Å²) in [5.41, 5.74) is 6.01. The van der Waals surface area contributed by atoms with Gasteiger partial charge in [0.15, 0.2) is 5.96 Å². The van der Waals surface area contributed by atoms with Gasteiger partial charge in [-0.25, -0.2) is 0 Å². The van der Waals surface area contributed by atoms with Crippen LogP contribution in [-0.4, -0.2) is 30.6 Å². The van der Waals surface area contributed by atoms with E-state index in [-0.39, 0.29) is 5.54 Å². The van der Waals surface area contributed by atoms with Crippen molar-refractivity contribution in [1.82, 2.24) is 10.6 Å². The second-order valence-corrected chi connectivity index (χ2v) is 6.81. The molecule has 0 saturated heterocycles. The summed E-state index contributed by atoms with van der Waals surface area (Å²) in [5.74, 6) is 1.34. The van der Waals surface area contributed by atoms with E-state index in [4.69, 9.17) is 5.73 Å². The van der Waals surface area contributed by atoms with E-state index in [0.717, 1.165) is 25.4 Å². The lowest BCUT2D eigenvalue weighted by Gasteiger charge is -2.20. The lowest BCUT2D eigenvalue weighted by Crippen LogP contribution is -2.40. The molecule has 0 aromatic heterocycles. The molecule has 1 unspecified atom stereocenters. The second-order valence-electron chi connectivity index (χ2n) is 6.81. The zero-order valence-electron chi connectivity index (χ0n) is 13.7. The lowest BCUT2D eigenvalue weighted by molar-refractivity contribution is 0.432. The fraction of sp³-hybridized carbons (Fsp3) is 0.933. The molecule has 0 saturated carbocycles. The van der Waals surface area contributed by atoms with Crippen molar-refractivity contribution in [2.75, 3.05) is 13.1 Å². The third-order valence-corrected chi connectivity index (χ3v) is 2.86. The van der Waals surface area contributed by atoms with E-state index in [0.29, 0.717) is 12.0 Å². The number of nitrogens with zero attached hydrogens (tertiary/aromatic N) is 1. The highest BCUT2D eigenvalue weighted by molar-refractivity contribution is 5.78. The van der Waals surface area contributed by atoms with Crippen LogP contribution in [-0.2, 0) is 0 Å². The van der Waals surface area contributed by atoms with Crippen molar-refractivity contribution >= 4 is 5.96 Å². The molecule has 0 fully saturated rings. The maximum Gasteiger partial charge on any atom is 0.188 e. The first kappa shape index (κ1) is 18.2. The minimum atomic E-state index is 0.141. The molecule has 0 aliphatic heterocycles. The number of guanidine groups is 1. The van der Waals surface area contributed by atoms with Crippen molar-refractivity contribution in [2.24, 2.45) is 16.6 Å². The molecule has 0 heterocycles. The van der Waals surface area contributed by atoms with Crippen molar-refractivity contribution in [3.8, 4) is 0 Å². The standard InChI is InChI=1S/C15H34N4/c1-12(2)8-7-9-13(3)19-14(16)17-10-11-18-15(4,5)6/h12-13,18H,7-11H2,1-6H3,(H3,16,17,19). The molecule has 0 radical (unpaired) electrons. The van der Waals surface area contributed by atoms with Gasteiger partial charge in [-0.15, -0.1) is 0 Å².